The van der Waals surface area contributed by atoms with Gasteiger partial charge in [-0.2, -0.15) is 0 Å². The minimum absolute atomic E-state index is 0.929. The largest absolute Gasteiger partial charge is 0.356 e. The molecule has 1 heterocycles. The van der Waals surface area contributed by atoms with Gasteiger partial charge in [0.1, 0.15) is 0 Å². The molecule has 94 valence electrons. The van der Waals surface area contributed by atoms with Crippen molar-refractivity contribution in [3.05, 3.63) is 77.5 Å². The van der Waals surface area contributed by atoms with Gasteiger partial charge in [-0.15, -0.1) is 0 Å². The third-order valence-corrected chi connectivity index (χ3v) is 3.47. The summed E-state index contributed by atoms with van der Waals surface area (Å²) in [6.45, 7) is 8.25. The normalized spacial score (nSPS) is 14.4. The molecule has 2 aromatic carbocycles. The average Bonchev–Trinajstić information content (AvgIpc) is 2.37. The Hall–Kier alpha value is -2.28. The van der Waals surface area contributed by atoms with E-state index in [1.807, 2.05) is 12.2 Å². The lowest BCUT2D eigenvalue weighted by Crippen LogP contribution is -2.11. The highest BCUT2D eigenvalue weighted by Gasteiger charge is 2.06. The van der Waals surface area contributed by atoms with Gasteiger partial charge < -0.3 is 5.32 Å². The van der Waals surface area contributed by atoms with Crippen molar-refractivity contribution >= 4 is 16.5 Å². The van der Waals surface area contributed by atoms with E-state index in [4.69, 9.17) is 0 Å². The van der Waals surface area contributed by atoms with Gasteiger partial charge in [0.25, 0.3) is 0 Å². The van der Waals surface area contributed by atoms with Gasteiger partial charge in [0.05, 0.1) is 0 Å². The summed E-state index contributed by atoms with van der Waals surface area (Å²) in [6, 6.07) is 11.1. The van der Waals surface area contributed by atoms with E-state index in [9.17, 15) is 0 Å². The van der Waals surface area contributed by atoms with E-state index in [-0.39, 0.29) is 0 Å². The lowest BCUT2D eigenvalue weighted by Gasteiger charge is -2.15. The van der Waals surface area contributed by atoms with Crippen LogP contribution in [-0.4, -0.2) is 0 Å². The molecule has 0 atom stereocenters. The van der Waals surface area contributed by atoms with Crippen LogP contribution in [-0.2, 0) is 0 Å². The topological polar surface area (TPSA) is 12.0 Å². The molecular weight excluding hydrogens is 230 g/mol. The summed E-state index contributed by atoms with van der Waals surface area (Å²) in [4.78, 5) is 0. The van der Waals surface area contributed by atoms with Crippen LogP contribution in [0.25, 0.3) is 16.5 Å². The zero-order chi connectivity index (χ0) is 13.4. The first-order valence-electron chi connectivity index (χ1n) is 6.49. The van der Waals surface area contributed by atoms with Gasteiger partial charge in [0.2, 0.25) is 0 Å². The van der Waals surface area contributed by atoms with E-state index < -0.39 is 0 Å². The Morgan fingerprint density at radius 1 is 1.05 bits per heavy atom. The SMILES string of the molecule is C=C1C=CC=C(c2ccc3c(C)cc(C)cc3c2)N1. The maximum Gasteiger partial charge on any atom is 0.0457 e. The number of hydrogen-bond acceptors (Lipinski definition) is 1. The molecule has 0 saturated carbocycles. The number of allylic oxidation sites excluding steroid dienone is 3. The van der Waals surface area contributed by atoms with Gasteiger partial charge in [-0.05, 0) is 54.0 Å². The van der Waals surface area contributed by atoms with Gasteiger partial charge in [0, 0.05) is 11.4 Å². The van der Waals surface area contributed by atoms with Crippen LogP contribution in [0.3, 0.4) is 0 Å². The summed E-state index contributed by atoms with van der Waals surface area (Å²) >= 11 is 0. The Kier molecular flexibility index (Phi) is 2.75. The molecule has 0 aromatic heterocycles. The molecule has 1 aliphatic heterocycles. The highest BCUT2D eigenvalue weighted by Crippen LogP contribution is 2.25. The van der Waals surface area contributed by atoms with Crippen LogP contribution in [0, 0.1) is 13.8 Å². The molecule has 2 aromatic rings. The van der Waals surface area contributed by atoms with Crippen molar-refractivity contribution < 1.29 is 0 Å². The summed E-state index contributed by atoms with van der Waals surface area (Å²) in [6.07, 6.45) is 6.08. The van der Waals surface area contributed by atoms with Crippen LogP contribution in [0.2, 0.25) is 0 Å². The zero-order valence-corrected chi connectivity index (χ0v) is 11.3. The van der Waals surface area contributed by atoms with Gasteiger partial charge in [-0.1, -0.05) is 42.5 Å². The van der Waals surface area contributed by atoms with Crippen molar-refractivity contribution in [1.82, 2.24) is 5.32 Å². The lowest BCUT2D eigenvalue weighted by atomic mass is 9.98. The fourth-order valence-electron chi connectivity index (χ4n) is 2.60. The van der Waals surface area contributed by atoms with Gasteiger partial charge in [0.15, 0.2) is 0 Å². The number of benzene rings is 2. The van der Waals surface area contributed by atoms with Crippen molar-refractivity contribution in [3.63, 3.8) is 0 Å². The molecule has 1 heteroatoms. The quantitative estimate of drug-likeness (QED) is 0.784. The smallest absolute Gasteiger partial charge is 0.0457 e. The van der Waals surface area contributed by atoms with Crippen molar-refractivity contribution in [2.45, 2.75) is 13.8 Å². The molecule has 0 saturated heterocycles. The first kappa shape index (κ1) is 11.8. The molecule has 3 rings (SSSR count). The standard InChI is InChI=1S/C18H17N/c1-12-9-13(2)17-8-7-15(11-16(17)10-12)18-6-4-5-14(3)19-18/h4-11,19H,3H2,1-2H3. The molecule has 0 aliphatic carbocycles. The van der Waals surface area contributed by atoms with Crippen molar-refractivity contribution in [3.8, 4) is 0 Å². The van der Waals surface area contributed by atoms with E-state index in [0.29, 0.717) is 0 Å². The summed E-state index contributed by atoms with van der Waals surface area (Å²) < 4.78 is 0. The van der Waals surface area contributed by atoms with Gasteiger partial charge >= 0.3 is 0 Å². The van der Waals surface area contributed by atoms with Crippen LogP contribution in [0.4, 0.5) is 0 Å². The van der Waals surface area contributed by atoms with Crippen LogP contribution < -0.4 is 5.32 Å². The average molecular weight is 247 g/mol. The second-order valence-corrected chi connectivity index (χ2v) is 5.11. The van der Waals surface area contributed by atoms with Gasteiger partial charge in [-0.3, -0.25) is 0 Å². The van der Waals surface area contributed by atoms with E-state index >= 15 is 0 Å². The molecule has 1 aliphatic rings. The summed E-state index contributed by atoms with van der Waals surface area (Å²) in [5.74, 6) is 0. The van der Waals surface area contributed by atoms with E-state index in [1.165, 1.54) is 27.5 Å². The molecule has 0 unspecified atom stereocenters. The molecular formula is C18H17N. The van der Waals surface area contributed by atoms with Crippen LogP contribution in [0.15, 0.2) is 60.8 Å². The zero-order valence-electron chi connectivity index (χ0n) is 11.3. The second kappa shape index (κ2) is 4.43. The second-order valence-electron chi connectivity index (χ2n) is 5.11. The fraction of sp³-hybridized carbons (Fsp3) is 0.111. The third-order valence-electron chi connectivity index (χ3n) is 3.47. The summed E-state index contributed by atoms with van der Waals surface area (Å²) in [7, 11) is 0. The maximum absolute atomic E-state index is 3.94. The first-order chi connectivity index (χ1) is 9.13. The predicted molar refractivity (Wildman–Crippen MR) is 82.8 cm³/mol. The molecule has 1 nitrogen and oxygen atoms in total. The van der Waals surface area contributed by atoms with E-state index in [2.05, 4.69) is 62.2 Å². The Morgan fingerprint density at radius 3 is 2.68 bits per heavy atom. The van der Waals surface area contributed by atoms with Crippen LogP contribution in [0.5, 0.6) is 0 Å². The molecule has 0 radical (unpaired) electrons. The Labute approximate surface area is 114 Å². The molecule has 19 heavy (non-hydrogen) atoms. The van der Waals surface area contributed by atoms with Gasteiger partial charge in [-0.25, -0.2) is 0 Å². The molecule has 0 amide bonds. The number of fused-ring (bicyclic) bond motifs is 1. The number of dihydropyridines is 1. The highest BCUT2D eigenvalue weighted by atomic mass is 14.9. The lowest BCUT2D eigenvalue weighted by molar-refractivity contribution is 1.13. The predicted octanol–water partition coefficient (Wildman–Crippen LogP) is 4.47. The third kappa shape index (κ3) is 2.19. The van der Waals surface area contributed by atoms with Crippen molar-refractivity contribution in [1.29, 1.82) is 0 Å². The Balaban J connectivity index is 2.14. The van der Waals surface area contributed by atoms with Crippen molar-refractivity contribution in [2.24, 2.45) is 0 Å². The summed E-state index contributed by atoms with van der Waals surface area (Å²) in [5, 5.41) is 5.92. The molecule has 0 bridgehead atoms. The first-order valence-corrected chi connectivity index (χ1v) is 6.49. The van der Waals surface area contributed by atoms with Crippen LogP contribution >= 0.6 is 0 Å². The molecule has 1 N–H and O–H groups in total. The Morgan fingerprint density at radius 2 is 1.89 bits per heavy atom. The van der Waals surface area contributed by atoms with E-state index in [1.54, 1.807) is 0 Å². The number of nitrogens with one attached hydrogen (secondary N) is 1. The number of hydrogen-bond donors (Lipinski definition) is 1. The fourth-order valence-corrected chi connectivity index (χ4v) is 2.60. The minimum atomic E-state index is 0.929. The van der Waals surface area contributed by atoms with Crippen LogP contribution in [0.1, 0.15) is 16.7 Å². The highest BCUT2D eigenvalue weighted by molar-refractivity contribution is 5.89. The maximum atomic E-state index is 3.94. The Bertz CT molecular complexity index is 733. The number of aryl methyl sites for hydroxylation is 2. The van der Waals surface area contributed by atoms with E-state index in [0.717, 1.165) is 11.4 Å². The monoisotopic (exact) mass is 247 g/mol. The molecule has 0 spiro atoms. The number of rotatable bonds is 1. The summed E-state index contributed by atoms with van der Waals surface area (Å²) in [5.41, 5.74) is 5.86. The molecule has 0 fully saturated rings. The minimum Gasteiger partial charge on any atom is -0.356 e. The van der Waals surface area contributed by atoms with Crippen molar-refractivity contribution in [2.75, 3.05) is 0 Å².